The van der Waals surface area contributed by atoms with Gasteiger partial charge in [0.05, 0.1) is 173 Å². The second-order valence-electron chi connectivity index (χ2n) is 35.0. The first kappa shape index (κ1) is 145. The Morgan fingerprint density at radius 3 is 0.579 bits per heavy atom. The molecule has 140 heavy (non-hydrogen) atoms. The molecule has 0 heterocycles. The number of nitrogens with zero attached hydrogens (tertiary/aromatic N) is 7. The average molecular weight is 2030 g/mol. The van der Waals surface area contributed by atoms with Crippen LogP contribution in [-0.2, 0) is 171 Å². The molecule has 0 saturated heterocycles. The minimum atomic E-state index is -0.558. The summed E-state index contributed by atoms with van der Waals surface area (Å²) in [6.45, 7) is 52.2. The lowest BCUT2D eigenvalue weighted by Crippen LogP contribution is -2.36. The molecule has 43 nitrogen and oxygen atoms in total. The third-order valence-electron chi connectivity index (χ3n) is 18.8. The zero-order valence-corrected chi connectivity index (χ0v) is 90.5. The van der Waals surface area contributed by atoms with E-state index in [1.54, 1.807) is 147 Å². The zero-order valence-electron chi connectivity index (χ0n) is 90.5. The first-order chi connectivity index (χ1) is 66.4. The topological polar surface area (TPSA) is 465 Å². The van der Waals surface area contributed by atoms with E-state index in [2.05, 4.69) is 50.2 Å². The van der Waals surface area contributed by atoms with Crippen molar-refractivity contribution in [2.75, 3.05) is 341 Å². The second-order valence-corrected chi connectivity index (χ2v) is 35.0. The van der Waals surface area contributed by atoms with Crippen LogP contribution < -0.4 is 0 Å². The van der Waals surface area contributed by atoms with Gasteiger partial charge in [0.1, 0.15) is 39.6 Å². The van der Waals surface area contributed by atoms with Crippen LogP contribution in [0.1, 0.15) is 188 Å². The van der Waals surface area contributed by atoms with Crippen LogP contribution >= 0.6 is 0 Å². The fourth-order valence-electron chi connectivity index (χ4n) is 10.2. The van der Waals surface area contributed by atoms with Gasteiger partial charge in [0, 0.05) is 194 Å². The highest BCUT2D eigenvalue weighted by molar-refractivity contribution is 5.77. The highest BCUT2D eigenvalue weighted by atomic mass is 16.6. The van der Waals surface area contributed by atoms with Crippen LogP contribution in [0.2, 0.25) is 0 Å². The number of carbonyl (C=O) groups is 14. The fourth-order valence-corrected chi connectivity index (χ4v) is 10.2. The summed E-state index contributed by atoms with van der Waals surface area (Å²) in [6, 6.07) is 0. The van der Waals surface area contributed by atoms with E-state index >= 15 is 0 Å². The van der Waals surface area contributed by atoms with Gasteiger partial charge in [-0.25, -0.2) is 0 Å². The van der Waals surface area contributed by atoms with E-state index in [1.165, 1.54) is 14.2 Å². The van der Waals surface area contributed by atoms with Crippen molar-refractivity contribution in [2.24, 2.45) is 21.7 Å². The van der Waals surface area contributed by atoms with Crippen LogP contribution in [0.25, 0.3) is 0 Å². The van der Waals surface area contributed by atoms with Crippen molar-refractivity contribution in [3.05, 3.63) is 0 Å². The van der Waals surface area contributed by atoms with E-state index in [0.717, 1.165) is 71.6 Å². The molecule has 43 heteroatoms. The van der Waals surface area contributed by atoms with Crippen molar-refractivity contribution in [3.63, 3.8) is 0 Å². The molecule has 0 aliphatic rings. The molecular formula is C97H187N7O36. The number of methoxy groups -OCH3 is 10. The molecule has 0 aromatic heterocycles. The third kappa shape index (κ3) is 104. The smallest absolute Gasteiger partial charge is 0.311 e. The number of ether oxygens (including phenoxy) is 22. The first-order valence-electron chi connectivity index (χ1n) is 48.2. The van der Waals surface area contributed by atoms with E-state index in [1.807, 2.05) is 28.5 Å². The highest BCUT2D eigenvalue weighted by Crippen LogP contribution is 2.19. The van der Waals surface area contributed by atoms with Gasteiger partial charge in [0.15, 0.2) is 0 Å². The maximum atomic E-state index is 11.8. The van der Waals surface area contributed by atoms with Crippen LogP contribution in [0.5, 0.6) is 0 Å². The summed E-state index contributed by atoms with van der Waals surface area (Å²) < 4.78 is 109. The number of hydrogen-bond donors (Lipinski definition) is 0. The molecule has 826 valence electrons. The van der Waals surface area contributed by atoms with Gasteiger partial charge in [0.25, 0.3) is 19.4 Å². The van der Waals surface area contributed by atoms with E-state index in [4.69, 9.17) is 80.5 Å². The summed E-state index contributed by atoms with van der Waals surface area (Å²) >= 11 is 0. The lowest BCUT2D eigenvalue weighted by atomic mass is 9.97. The average Bonchev–Trinajstić information content (AvgIpc) is 1.05. The second kappa shape index (κ2) is 101. The summed E-state index contributed by atoms with van der Waals surface area (Å²) in [6.07, 6.45) is 6.38. The molecule has 0 rings (SSSR count). The molecule has 0 aliphatic heterocycles. The van der Waals surface area contributed by atoms with Gasteiger partial charge in [-0.1, -0.05) is 20.3 Å². The van der Waals surface area contributed by atoms with Gasteiger partial charge in [-0.05, 0) is 123 Å². The first-order valence-corrected chi connectivity index (χ1v) is 48.2. The summed E-state index contributed by atoms with van der Waals surface area (Å²) in [5, 5.41) is 0. The molecule has 0 N–H and O–H groups in total. The lowest BCUT2D eigenvalue weighted by molar-refractivity contribution is -0.155. The Morgan fingerprint density at radius 1 is 0.200 bits per heavy atom. The molecule has 0 fully saturated rings. The lowest BCUT2D eigenvalue weighted by Gasteiger charge is -2.24. The van der Waals surface area contributed by atoms with E-state index in [-0.39, 0.29) is 131 Å². The van der Waals surface area contributed by atoms with Crippen LogP contribution in [-0.4, -0.2) is 460 Å². The quantitative estimate of drug-likeness (QED) is 0.0259. The molecule has 0 atom stereocenters. The van der Waals surface area contributed by atoms with Gasteiger partial charge in [-0.3, -0.25) is 101 Å². The maximum Gasteiger partial charge on any atom is 0.311 e. The van der Waals surface area contributed by atoms with Gasteiger partial charge in [-0.2, -0.15) is 0 Å². The summed E-state index contributed by atoms with van der Waals surface area (Å²) in [7, 11) is 16.1. The van der Waals surface area contributed by atoms with Gasteiger partial charge < -0.3 is 104 Å². The van der Waals surface area contributed by atoms with Crippen molar-refractivity contribution < 1.29 is 171 Å². The Morgan fingerprint density at radius 2 is 0.386 bits per heavy atom. The molecule has 0 aliphatic carbocycles. The van der Waals surface area contributed by atoms with Crippen molar-refractivity contribution in [3.8, 4) is 0 Å². The minimum absolute atomic E-state index is 0.122. The minimum Gasteiger partial charge on any atom is -0.469 e. The molecule has 0 spiro atoms. The number of esters is 11. The van der Waals surface area contributed by atoms with Crippen molar-refractivity contribution in [1.29, 1.82) is 0 Å². The van der Waals surface area contributed by atoms with Crippen molar-refractivity contribution in [1.82, 2.24) is 34.3 Å². The number of rotatable bonds is 78. The van der Waals surface area contributed by atoms with E-state index in [9.17, 15) is 67.1 Å². The molecular weight excluding hydrogens is 1840 g/mol. The Balaban J connectivity index is -0.000000298. The van der Waals surface area contributed by atoms with Gasteiger partial charge in [-0.15, -0.1) is 0 Å². The molecule has 0 bridgehead atoms. The molecule has 0 amide bonds. The fraction of sp³-hybridized carbons (Fsp3) is 0.856. The van der Waals surface area contributed by atoms with Gasteiger partial charge >= 0.3 is 65.7 Å². The Kier molecular flexibility index (Phi) is 105. The Labute approximate surface area is 837 Å². The predicted molar refractivity (Wildman–Crippen MR) is 525 cm³/mol. The summed E-state index contributed by atoms with van der Waals surface area (Å²) in [5.41, 5.74) is -2.23. The maximum absolute atomic E-state index is 11.8. The summed E-state index contributed by atoms with van der Waals surface area (Å²) in [5.74, 6) is -2.64. The molecule has 0 aromatic carbocycles. The van der Waals surface area contributed by atoms with Crippen molar-refractivity contribution >= 4 is 85.1 Å². The predicted octanol–water partition coefficient (Wildman–Crippen LogP) is 6.89. The van der Waals surface area contributed by atoms with Crippen LogP contribution in [0.15, 0.2) is 0 Å². The van der Waals surface area contributed by atoms with E-state index in [0.29, 0.717) is 229 Å². The number of carbonyl (C=O) groups excluding carboxylic acids is 14. The monoisotopic (exact) mass is 2030 g/mol. The standard InChI is InChI=1S/C19H35NO6.C18H33NO6.C14H23NO8.C13H27NO4.C12H25NO4.C11H23NO4.C10H21NO4/c1-8-24-15(21)9-10-20(11-13-25-16(22)18(2,3)4)12-14-26-17(23)19(5,6)7;1-17(2,3)15(21)24-12-10-19(9-8-14(20)23-7)11-13-25-16(22)18(4,5)6;16-11-20-7-1-2-8-23-14(19)3-4-15(5-9-21-12-17)6-10-22-13-18;1-4-5-10-18-13(15)6-7-14(8-11-16-2)9-12-17-3;1-4-9-17-12(14)5-6-13(7-10-15-2)8-11-16-3;1-4-16-11(13)5-6-12(7-9-14-2)8-10-15-3;1-13-8-6-11(7-9-14-2)5-4-10(12)15-3/h8-14H2,1-7H3;8-13H2,1-7H3;11-13H,1-10H2;4-12H2,1-3H3;4-11H2,1-3H3;4-10H2,1-3H3;4-9H2,1-3H3. The normalized spacial score (nSPS) is 11.1. The van der Waals surface area contributed by atoms with E-state index < -0.39 is 21.7 Å². The SMILES string of the molecule is CCCCOC(=O)CCN(CCOC)CCOC.CCCOC(=O)CCN(CCOC)CCOC.CCOC(=O)CCN(CCOC(=O)C(C)(C)C)CCOC(=O)C(C)(C)C.CCOC(=O)CCN(CCOC)CCOC.COC(=O)CCN(CCOC(=O)C(C)(C)C)CCOC(=O)C(C)(C)C.COCCN(CCOC)CCC(=O)OC.O=COCCCCOC(=O)CCN(CCOC=O)CCOC=O. The Bertz CT molecular complexity index is 2920. The zero-order chi connectivity index (χ0) is 108. The molecule has 0 radical (unpaired) electrons. The molecule has 0 unspecified atom stereocenters. The Hall–Kier alpha value is -8.02. The van der Waals surface area contributed by atoms with Crippen molar-refractivity contribution in [2.45, 2.75) is 188 Å². The molecule has 0 aromatic rings. The van der Waals surface area contributed by atoms with Crippen LogP contribution in [0, 0.1) is 21.7 Å². The largest absolute Gasteiger partial charge is 0.469 e. The third-order valence-corrected chi connectivity index (χ3v) is 18.8. The van der Waals surface area contributed by atoms with Gasteiger partial charge in [0.2, 0.25) is 0 Å². The summed E-state index contributed by atoms with van der Waals surface area (Å²) in [4.78, 5) is 171. The van der Waals surface area contributed by atoms with Crippen LogP contribution in [0.4, 0.5) is 0 Å². The number of unbranched alkanes of at least 4 members (excludes halogenated alkanes) is 2. The number of hydrogen-bond acceptors (Lipinski definition) is 43. The van der Waals surface area contributed by atoms with Crippen LogP contribution in [0.3, 0.4) is 0 Å². The highest BCUT2D eigenvalue weighted by Gasteiger charge is 2.28. The molecule has 0 saturated carbocycles.